The quantitative estimate of drug-likeness (QED) is 0.325. The minimum Gasteiger partial charge on any atom is -0.497 e. The van der Waals surface area contributed by atoms with Crippen LogP contribution in [0.3, 0.4) is 0 Å². The summed E-state index contributed by atoms with van der Waals surface area (Å²) in [5, 5.41) is 6.36. The molecule has 0 fully saturated rings. The first kappa shape index (κ1) is 23.7. The zero-order valence-corrected chi connectivity index (χ0v) is 17.5. The molecule has 0 aliphatic carbocycles. The van der Waals surface area contributed by atoms with Crippen LogP contribution in [0.4, 0.5) is 8.78 Å². The van der Waals surface area contributed by atoms with Crippen molar-refractivity contribution in [2.45, 2.75) is 40.3 Å². The third-order valence-corrected chi connectivity index (χ3v) is 3.26. The van der Waals surface area contributed by atoms with Gasteiger partial charge in [-0.1, -0.05) is 13.8 Å². The SMILES string of the molecule is CCNC(=NCc1ccc(OC)cc1OC(F)F)NCCC(C)C.I. The second-order valence-electron chi connectivity index (χ2n) is 5.66. The van der Waals surface area contributed by atoms with Crippen molar-refractivity contribution in [2.24, 2.45) is 10.9 Å². The summed E-state index contributed by atoms with van der Waals surface area (Å²) in [6, 6.07) is 4.82. The highest BCUT2D eigenvalue weighted by Gasteiger charge is 2.11. The molecule has 0 saturated carbocycles. The van der Waals surface area contributed by atoms with E-state index in [-0.39, 0.29) is 36.3 Å². The molecule has 1 aromatic carbocycles. The smallest absolute Gasteiger partial charge is 0.387 e. The summed E-state index contributed by atoms with van der Waals surface area (Å²) in [6.45, 7) is 5.12. The van der Waals surface area contributed by atoms with Crippen molar-refractivity contribution in [3.63, 3.8) is 0 Å². The average Bonchev–Trinajstić information content (AvgIpc) is 2.52. The summed E-state index contributed by atoms with van der Waals surface area (Å²) in [6.07, 6.45) is 1.02. The summed E-state index contributed by atoms with van der Waals surface area (Å²) in [4.78, 5) is 4.43. The Balaban J connectivity index is 0.00000576. The molecule has 0 saturated heterocycles. The van der Waals surface area contributed by atoms with Gasteiger partial charge in [-0.25, -0.2) is 4.99 Å². The number of nitrogens with one attached hydrogen (secondary N) is 2. The van der Waals surface area contributed by atoms with E-state index in [0.29, 0.717) is 23.2 Å². The Labute approximate surface area is 165 Å². The molecular weight excluding hydrogens is 443 g/mol. The van der Waals surface area contributed by atoms with E-state index in [4.69, 9.17) is 4.74 Å². The molecule has 0 amide bonds. The fourth-order valence-corrected chi connectivity index (χ4v) is 1.98. The van der Waals surface area contributed by atoms with Crippen molar-refractivity contribution in [1.82, 2.24) is 10.6 Å². The predicted octanol–water partition coefficient (Wildman–Crippen LogP) is 4.02. The number of benzene rings is 1. The van der Waals surface area contributed by atoms with Gasteiger partial charge in [-0.15, -0.1) is 24.0 Å². The van der Waals surface area contributed by atoms with Gasteiger partial charge in [-0.3, -0.25) is 0 Å². The van der Waals surface area contributed by atoms with Gasteiger partial charge >= 0.3 is 6.61 Å². The van der Waals surface area contributed by atoms with E-state index < -0.39 is 6.61 Å². The molecule has 0 spiro atoms. The van der Waals surface area contributed by atoms with Crippen molar-refractivity contribution in [1.29, 1.82) is 0 Å². The van der Waals surface area contributed by atoms with Crippen molar-refractivity contribution in [3.05, 3.63) is 23.8 Å². The van der Waals surface area contributed by atoms with Gasteiger partial charge in [0.1, 0.15) is 11.5 Å². The Morgan fingerprint density at radius 2 is 1.96 bits per heavy atom. The van der Waals surface area contributed by atoms with E-state index in [1.807, 2.05) is 6.92 Å². The predicted molar refractivity (Wildman–Crippen MR) is 107 cm³/mol. The molecule has 0 radical (unpaired) electrons. The summed E-state index contributed by atoms with van der Waals surface area (Å²) in [5.74, 6) is 1.77. The standard InChI is InChI=1S/C17H27F2N3O2.HI/c1-5-20-17(21-9-8-12(2)3)22-11-13-6-7-14(23-4)10-15(13)24-16(18)19;/h6-7,10,12,16H,5,8-9,11H2,1-4H3,(H2,20,21,22);1H. The van der Waals surface area contributed by atoms with E-state index in [1.54, 1.807) is 12.1 Å². The van der Waals surface area contributed by atoms with Crippen LogP contribution in [0.25, 0.3) is 0 Å². The molecule has 0 aliphatic heterocycles. The van der Waals surface area contributed by atoms with Gasteiger partial charge in [0.15, 0.2) is 5.96 Å². The van der Waals surface area contributed by atoms with E-state index >= 15 is 0 Å². The average molecular weight is 471 g/mol. The molecule has 0 atom stereocenters. The minimum atomic E-state index is -2.89. The molecule has 1 rings (SSSR count). The van der Waals surface area contributed by atoms with Crippen LogP contribution < -0.4 is 20.1 Å². The number of rotatable bonds is 9. The van der Waals surface area contributed by atoms with Crippen LogP contribution in [0.5, 0.6) is 11.5 Å². The largest absolute Gasteiger partial charge is 0.497 e. The van der Waals surface area contributed by atoms with Gasteiger partial charge in [0.05, 0.1) is 13.7 Å². The summed E-state index contributed by atoms with van der Waals surface area (Å²) >= 11 is 0. The van der Waals surface area contributed by atoms with Crippen LogP contribution in [0.1, 0.15) is 32.8 Å². The van der Waals surface area contributed by atoms with E-state index in [9.17, 15) is 8.78 Å². The van der Waals surface area contributed by atoms with Crippen LogP contribution in [-0.4, -0.2) is 32.8 Å². The highest BCUT2D eigenvalue weighted by molar-refractivity contribution is 14.0. The maximum Gasteiger partial charge on any atom is 0.387 e. The maximum absolute atomic E-state index is 12.6. The lowest BCUT2D eigenvalue weighted by Crippen LogP contribution is -2.38. The Hall–Kier alpha value is -1.32. The van der Waals surface area contributed by atoms with Gasteiger partial charge in [-0.2, -0.15) is 8.78 Å². The van der Waals surface area contributed by atoms with Crippen LogP contribution in [0, 0.1) is 5.92 Å². The number of guanidine groups is 1. The molecule has 25 heavy (non-hydrogen) atoms. The first-order valence-electron chi connectivity index (χ1n) is 8.10. The Morgan fingerprint density at radius 3 is 2.52 bits per heavy atom. The Kier molecular flexibility index (Phi) is 12.3. The fourth-order valence-electron chi connectivity index (χ4n) is 1.98. The Bertz CT molecular complexity index is 529. The summed E-state index contributed by atoms with van der Waals surface area (Å²) in [5.41, 5.74) is 0.567. The first-order chi connectivity index (χ1) is 11.5. The highest BCUT2D eigenvalue weighted by Crippen LogP contribution is 2.27. The topological polar surface area (TPSA) is 54.9 Å². The molecule has 0 unspecified atom stereocenters. The van der Waals surface area contributed by atoms with E-state index in [0.717, 1.165) is 19.5 Å². The number of alkyl halides is 2. The molecule has 144 valence electrons. The van der Waals surface area contributed by atoms with Crippen LogP contribution >= 0.6 is 24.0 Å². The Morgan fingerprint density at radius 1 is 1.24 bits per heavy atom. The normalized spacial score (nSPS) is 11.3. The van der Waals surface area contributed by atoms with Crippen LogP contribution in [0.15, 0.2) is 23.2 Å². The molecule has 0 aromatic heterocycles. The number of halogens is 3. The highest BCUT2D eigenvalue weighted by atomic mass is 127. The van der Waals surface area contributed by atoms with E-state index in [2.05, 4.69) is 34.2 Å². The molecule has 0 aliphatic rings. The lowest BCUT2D eigenvalue weighted by Gasteiger charge is -2.14. The van der Waals surface area contributed by atoms with Gasteiger partial charge in [-0.05, 0) is 31.4 Å². The lowest BCUT2D eigenvalue weighted by molar-refractivity contribution is -0.0505. The van der Waals surface area contributed by atoms with Gasteiger partial charge < -0.3 is 20.1 Å². The summed E-state index contributed by atoms with van der Waals surface area (Å²) in [7, 11) is 1.47. The van der Waals surface area contributed by atoms with Crippen molar-refractivity contribution >= 4 is 29.9 Å². The van der Waals surface area contributed by atoms with Gasteiger partial charge in [0.25, 0.3) is 0 Å². The molecular formula is C17H28F2IN3O2. The minimum absolute atomic E-state index is 0. The lowest BCUT2D eigenvalue weighted by atomic mass is 10.1. The monoisotopic (exact) mass is 471 g/mol. The molecule has 0 bridgehead atoms. The number of methoxy groups -OCH3 is 1. The second kappa shape index (κ2) is 13.0. The number of ether oxygens (including phenoxy) is 2. The third kappa shape index (κ3) is 9.66. The van der Waals surface area contributed by atoms with Crippen molar-refractivity contribution in [3.8, 4) is 11.5 Å². The zero-order chi connectivity index (χ0) is 17.9. The van der Waals surface area contributed by atoms with Gasteiger partial charge in [0, 0.05) is 24.7 Å². The number of hydrogen-bond donors (Lipinski definition) is 2. The van der Waals surface area contributed by atoms with Gasteiger partial charge in [0.2, 0.25) is 0 Å². The zero-order valence-electron chi connectivity index (χ0n) is 15.1. The number of aliphatic imine (C=N–C) groups is 1. The summed E-state index contributed by atoms with van der Waals surface area (Å²) < 4.78 is 34.8. The fraction of sp³-hybridized carbons (Fsp3) is 0.588. The third-order valence-electron chi connectivity index (χ3n) is 3.26. The second-order valence-corrected chi connectivity index (χ2v) is 5.66. The number of nitrogens with zero attached hydrogens (tertiary/aromatic N) is 1. The molecule has 1 aromatic rings. The van der Waals surface area contributed by atoms with Crippen molar-refractivity contribution < 1.29 is 18.3 Å². The molecule has 0 heterocycles. The van der Waals surface area contributed by atoms with Crippen LogP contribution in [-0.2, 0) is 6.54 Å². The van der Waals surface area contributed by atoms with Crippen molar-refractivity contribution in [2.75, 3.05) is 20.2 Å². The number of hydrogen-bond acceptors (Lipinski definition) is 3. The first-order valence-corrected chi connectivity index (χ1v) is 8.10. The molecule has 8 heteroatoms. The maximum atomic E-state index is 12.6. The molecule has 2 N–H and O–H groups in total. The molecule has 5 nitrogen and oxygen atoms in total. The van der Waals surface area contributed by atoms with Crippen LogP contribution in [0.2, 0.25) is 0 Å². The van der Waals surface area contributed by atoms with E-state index in [1.165, 1.54) is 13.2 Å².